The third-order valence-corrected chi connectivity index (χ3v) is 3.33. The van der Waals surface area contributed by atoms with Gasteiger partial charge in [-0.3, -0.25) is 0 Å². The van der Waals surface area contributed by atoms with Crippen molar-refractivity contribution in [2.24, 2.45) is 12.5 Å². The van der Waals surface area contributed by atoms with E-state index in [-0.39, 0.29) is 5.41 Å². The van der Waals surface area contributed by atoms with E-state index in [9.17, 15) is 0 Å². The van der Waals surface area contributed by atoms with Crippen molar-refractivity contribution in [1.29, 1.82) is 0 Å². The zero-order chi connectivity index (χ0) is 12.0. The Bertz CT molecular complexity index is 303. The van der Waals surface area contributed by atoms with Gasteiger partial charge in [0.2, 0.25) is 0 Å². The fourth-order valence-electron chi connectivity index (χ4n) is 1.93. The van der Waals surface area contributed by atoms with Crippen LogP contribution < -0.4 is 5.32 Å². The molecule has 16 heavy (non-hydrogen) atoms. The van der Waals surface area contributed by atoms with E-state index >= 15 is 0 Å². The maximum Gasteiger partial charge on any atom is 0.175 e. The van der Waals surface area contributed by atoms with Gasteiger partial charge < -0.3 is 5.32 Å². The molecule has 1 heterocycles. The van der Waals surface area contributed by atoms with Gasteiger partial charge in [0.1, 0.15) is 0 Å². The average Bonchev–Trinajstić information content (AvgIpc) is 2.70. The highest BCUT2D eigenvalue weighted by Crippen LogP contribution is 2.28. The predicted octanol–water partition coefficient (Wildman–Crippen LogP) is 1.17. The largest absolute Gasteiger partial charge is 0.316 e. The van der Waals surface area contributed by atoms with E-state index in [0.717, 1.165) is 38.2 Å². The van der Waals surface area contributed by atoms with Crippen LogP contribution in [0.2, 0.25) is 0 Å². The zero-order valence-corrected chi connectivity index (χ0v) is 10.8. The van der Waals surface area contributed by atoms with Crippen molar-refractivity contribution in [2.75, 3.05) is 13.1 Å². The molecule has 0 aromatic carbocycles. The number of aromatic nitrogens is 4. The molecule has 0 saturated heterocycles. The van der Waals surface area contributed by atoms with Gasteiger partial charge in [-0.15, -0.1) is 10.2 Å². The molecule has 0 unspecified atom stereocenters. The van der Waals surface area contributed by atoms with Crippen LogP contribution in [-0.4, -0.2) is 33.3 Å². The van der Waals surface area contributed by atoms with E-state index in [1.807, 2.05) is 0 Å². The van der Waals surface area contributed by atoms with Crippen molar-refractivity contribution in [1.82, 2.24) is 25.5 Å². The molecule has 0 radical (unpaired) electrons. The Morgan fingerprint density at radius 2 is 1.94 bits per heavy atom. The monoisotopic (exact) mass is 225 g/mol. The van der Waals surface area contributed by atoms with Crippen molar-refractivity contribution < 1.29 is 0 Å². The van der Waals surface area contributed by atoms with E-state index in [2.05, 4.69) is 41.5 Å². The summed E-state index contributed by atoms with van der Waals surface area (Å²) in [5.74, 6) is 0.851. The molecule has 0 aliphatic heterocycles. The van der Waals surface area contributed by atoms with Crippen LogP contribution in [0.4, 0.5) is 0 Å². The molecule has 1 rings (SSSR count). The van der Waals surface area contributed by atoms with Crippen LogP contribution in [0.25, 0.3) is 0 Å². The highest BCUT2D eigenvalue weighted by Gasteiger charge is 2.27. The highest BCUT2D eigenvalue weighted by atomic mass is 15.6. The van der Waals surface area contributed by atoms with E-state index in [4.69, 9.17) is 0 Å². The number of hydrogen-bond donors (Lipinski definition) is 1. The average molecular weight is 225 g/mol. The zero-order valence-electron chi connectivity index (χ0n) is 10.8. The minimum absolute atomic E-state index is 0.263. The third-order valence-electron chi connectivity index (χ3n) is 3.33. The third kappa shape index (κ3) is 3.27. The van der Waals surface area contributed by atoms with Crippen molar-refractivity contribution in [2.45, 2.75) is 40.0 Å². The van der Waals surface area contributed by atoms with Crippen LogP contribution in [-0.2, 0) is 13.5 Å². The van der Waals surface area contributed by atoms with Gasteiger partial charge in [0, 0.05) is 13.0 Å². The van der Waals surface area contributed by atoms with Crippen LogP contribution in [0.1, 0.15) is 39.4 Å². The van der Waals surface area contributed by atoms with Crippen LogP contribution in [0.15, 0.2) is 0 Å². The molecule has 0 saturated carbocycles. The first kappa shape index (κ1) is 13.1. The van der Waals surface area contributed by atoms with Crippen LogP contribution in [0, 0.1) is 5.41 Å². The molecule has 0 fully saturated rings. The van der Waals surface area contributed by atoms with Crippen molar-refractivity contribution in [3.63, 3.8) is 0 Å². The van der Waals surface area contributed by atoms with Gasteiger partial charge in [0.25, 0.3) is 0 Å². The Kier molecular flexibility index (Phi) is 4.86. The Morgan fingerprint density at radius 3 is 2.38 bits per heavy atom. The molecule has 0 aliphatic rings. The van der Waals surface area contributed by atoms with Crippen LogP contribution >= 0.6 is 0 Å². The van der Waals surface area contributed by atoms with Gasteiger partial charge in [-0.25, -0.2) is 0 Å². The summed E-state index contributed by atoms with van der Waals surface area (Å²) < 4.78 is 0. The molecular weight excluding hydrogens is 202 g/mol. The van der Waals surface area contributed by atoms with Crippen LogP contribution in [0.5, 0.6) is 0 Å². The molecule has 0 bridgehead atoms. The number of rotatable bonds is 7. The number of tetrazole rings is 1. The smallest absolute Gasteiger partial charge is 0.175 e. The first-order chi connectivity index (χ1) is 7.65. The summed E-state index contributed by atoms with van der Waals surface area (Å²) >= 11 is 0. The first-order valence-electron chi connectivity index (χ1n) is 6.09. The molecule has 1 aromatic rings. The van der Waals surface area contributed by atoms with Gasteiger partial charge in [-0.2, -0.15) is 4.80 Å². The summed E-state index contributed by atoms with van der Waals surface area (Å²) in [6.45, 7) is 8.63. The highest BCUT2D eigenvalue weighted by molar-refractivity contribution is 4.90. The maximum atomic E-state index is 4.27. The van der Waals surface area contributed by atoms with Crippen molar-refractivity contribution >= 4 is 0 Å². The molecule has 5 nitrogen and oxygen atoms in total. The first-order valence-corrected chi connectivity index (χ1v) is 6.09. The van der Waals surface area contributed by atoms with Crippen LogP contribution in [0.3, 0.4) is 0 Å². The summed E-state index contributed by atoms with van der Waals surface area (Å²) in [6.07, 6.45) is 3.17. The van der Waals surface area contributed by atoms with Gasteiger partial charge in [-0.1, -0.05) is 20.8 Å². The number of nitrogens with zero attached hydrogens (tertiary/aromatic N) is 4. The molecule has 1 aromatic heterocycles. The summed E-state index contributed by atoms with van der Waals surface area (Å²) in [5.41, 5.74) is 0.263. The fraction of sp³-hybridized carbons (Fsp3) is 0.909. The molecule has 1 N–H and O–H groups in total. The number of hydrogen-bond acceptors (Lipinski definition) is 4. The van der Waals surface area contributed by atoms with Gasteiger partial charge in [-0.05, 0) is 30.0 Å². The lowest BCUT2D eigenvalue weighted by atomic mass is 9.79. The second-order valence-electron chi connectivity index (χ2n) is 4.36. The SMILES string of the molecule is CCNCC(CC)(CC)Cc1nnn(C)n1. The minimum atomic E-state index is 0.263. The lowest BCUT2D eigenvalue weighted by Gasteiger charge is -2.30. The summed E-state index contributed by atoms with van der Waals surface area (Å²) in [6, 6.07) is 0. The van der Waals surface area contributed by atoms with Crippen molar-refractivity contribution in [3.8, 4) is 0 Å². The Balaban J connectivity index is 2.69. The van der Waals surface area contributed by atoms with E-state index < -0.39 is 0 Å². The Hall–Kier alpha value is -0.970. The van der Waals surface area contributed by atoms with Gasteiger partial charge in [0.15, 0.2) is 5.82 Å². The van der Waals surface area contributed by atoms with Gasteiger partial charge in [0.05, 0.1) is 7.05 Å². The molecule has 5 heteroatoms. The molecule has 92 valence electrons. The summed E-state index contributed by atoms with van der Waals surface area (Å²) in [5, 5.41) is 15.7. The minimum Gasteiger partial charge on any atom is -0.316 e. The normalized spacial score (nSPS) is 12.0. The lowest BCUT2D eigenvalue weighted by molar-refractivity contribution is 0.243. The fourth-order valence-corrected chi connectivity index (χ4v) is 1.93. The molecule has 0 aliphatic carbocycles. The number of nitrogens with one attached hydrogen (secondary N) is 1. The Morgan fingerprint density at radius 1 is 1.25 bits per heavy atom. The van der Waals surface area contributed by atoms with Gasteiger partial charge >= 0.3 is 0 Å². The second kappa shape index (κ2) is 5.94. The predicted molar refractivity (Wildman–Crippen MR) is 64.1 cm³/mol. The molecule has 0 atom stereocenters. The molecule has 0 amide bonds. The Labute approximate surface area is 97.6 Å². The maximum absolute atomic E-state index is 4.27. The van der Waals surface area contributed by atoms with E-state index in [1.54, 1.807) is 7.05 Å². The standard InChI is InChI=1S/C11H23N5/c1-5-11(6-2,9-12-7-3)8-10-13-15-16(4)14-10/h12H,5-9H2,1-4H3. The lowest BCUT2D eigenvalue weighted by Crippen LogP contribution is -2.35. The molecule has 0 spiro atoms. The molecular formula is C11H23N5. The van der Waals surface area contributed by atoms with E-state index in [1.165, 1.54) is 4.80 Å². The number of aryl methyl sites for hydroxylation is 1. The van der Waals surface area contributed by atoms with Crippen molar-refractivity contribution in [3.05, 3.63) is 5.82 Å². The second-order valence-corrected chi connectivity index (χ2v) is 4.36. The summed E-state index contributed by atoms with van der Waals surface area (Å²) in [7, 11) is 1.81. The topological polar surface area (TPSA) is 55.6 Å². The summed E-state index contributed by atoms with van der Waals surface area (Å²) in [4.78, 5) is 1.53. The van der Waals surface area contributed by atoms with E-state index in [0.29, 0.717) is 0 Å². The quantitative estimate of drug-likeness (QED) is 0.757.